The van der Waals surface area contributed by atoms with E-state index < -0.39 is 17.8 Å². The molecule has 0 bridgehead atoms. The second-order valence-corrected chi connectivity index (χ2v) is 3.78. The van der Waals surface area contributed by atoms with Crippen LogP contribution in [0.5, 0.6) is 0 Å². The van der Waals surface area contributed by atoms with Crippen LogP contribution < -0.4 is 5.32 Å². The molecule has 0 fully saturated rings. The molecule has 6 nitrogen and oxygen atoms in total. The van der Waals surface area contributed by atoms with E-state index in [1.807, 2.05) is 0 Å². The van der Waals surface area contributed by atoms with E-state index in [9.17, 15) is 9.59 Å². The van der Waals surface area contributed by atoms with Crippen LogP contribution in [0.15, 0.2) is 16.9 Å². The molecule has 0 spiro atoms. The number of nitrogens with zero attached hydrogens (tertiary/aromatic N) is 1. The molecule has 0 aromatic carbocycles. The molecule has 0 saturated carbocycles. The summed E-state index contributed by atoms with van der Waals surface area (Å²) in [6.45, 7) is 3.67. The maximum atomic E-state index is 11.4. The van der Waals surface area contributed by atoms with Crippen molar-refractivity contribution in [2.75, 3.05) is 6.54 Å². The van der Waals surface area contributed by atoms with E-state index >= 15 is 0 Å². The van der Waals surface area contributed by atoms with Gasteiger partial charge in [0.15, 0.2) is 5.69 Å². The SMILES string of the molecule is CC(C)C(CNC(=O)c1ccon1)C(=O)O. The van der Waals surface area contributed by atoms with Crippen molar-refractivity contribution < 1.29 is 19.2 Å². The smallest absolute Gasteiger partial charge is 0.308 e. The fraction of sp³-hybridized carbons (Fsp3) is 0.500. The molecule has 88 valence electrons. The first-order valence-corrected chi connectivity index (χ1v) is 4.93. The molecule has 2 N–H and O–H groups in total. The molecule has 16 heavy (non-hydrogen) atoms. The van der Waals surface area contributed by atoms with Gasteiger partial charge < -0.3 is 14.9 Å². The molecule has 0 aliphatic heterocycles. The minimum absolute atomic E-state index is 0.0462. The van der Waals surface area contributed by atoms with Crippen molar-refractivity contribution in [2.45, 2.75) is 13.8 Å². The molecule has 0 aliphatic rings. The number of carboxylic acid groups (broad SMARTS) is 1. The van der Waals surface area contributed by atoms with E-state index in [2.05, 4.69) is 15.0 Å². The molecule has 6 heteroatoms. The number of hydrogen-bond donors (Lipinski definition) is 2. The number of aromatic nitrogens is 1. The molecule has 1 aromatic heterocycles. The lowest BCUT2D eigenvalue weighted by Crippen LogP contribution is -2.35. The number of nitrogens with one attached hydrogen (secondary N) is 1. The third-order valence-electron chi connectivity index (χ3n) is 2.27. The Labute approximate surface area is 92.6 Å². The second kappa shape index (κ2) is 5.29. The number of carbonyl (C=O) groups is 2. The van der Waals surface area contributed by atoms with Gasteiger partial charge in [0.25, 0.3) is 5.91 Å². The summed E-state index contributed by atoms with van der Waals surface area (Å²) in [6, 6.07) is 1.42. The van der Waals surface area contributed by atoms with Crippen LogP contribution in [0.4, 0.5) is 0 Å². The van der Waals surface area contributed by atoms with Gasteiger partial charge >= 0.3 is 5.97 Å². The van der Waals surface area contributed by atoms with E-state index in [1.165, 1.54) is 12.3 Å². The van der Waals surface area contributed by atoms with Crippen molar-refractivity contribution >= 4 is 11.9 Å². The third-order valence-corrected chi connectivity index (χ3v) is 2.27. The summed E-state index contributed by atoms with van der Waals surface area (Å²) in [4.78, 5) is 22.3. The van der Waals surface area contributed by atoms with E-state index in [4.69, 9.17) is 5.11 Å². The van der Waals surface area contributed by atoms with E-state index in [-0.39, 0.29) is 18.2 Å². The monoisotopic (exact) mass is 226 g/mol. The van der Waals surface area contributed by atoms with Crippen LogP contribution in [-0.4, -0.2) is 28.7 Å². The summed E-state index contributed by atoms with van der Waals surface area (Å²) >= 11 is 0. The van der Waals surface area contributed by atoms with Crippen LogP contribution in [0, 0.1) is 11.8 Å². The number of hydrogen-bond acceptors (Lipinski definition) is 4. The summed E-state index contributed by atoms with van der Waals surface area (Å²) < 4.78 is 4.51. The third kappa shape index (κ3) is 3.08. The first-order valence-electron chi connectivity index (χ1n) is 4.93. The lowest BCUT2D eigenvalue weighted by atomic mass is 9.96. The number of carboxylic acids is 1. The van der Waals surface area contributed by atoms with Gasteiger partial charge in [0.05, 0.1) is 5.92 Å². The molecule has 1 amide bonds. The van der Waals surface area contributed by atoms with Crippen molar-refractivity contribution in [3.8, 4) is 0 Å². The van der Waals surface area contributed by atoms with Crippen molar-refractivity contribution in [2.24, 2.45) is 11.8 Å². The Morgan fingerprint density at radius 1 is 1.56 bits per heavy atom. The summed E-state index contributed by atoms with van der Waals surface area (Å²) in [7, 11) is 0. The molecule has 0 aliphatic carbocycles. The fourth-order valence-electron chi connectivity index (χ4n) is 1.23. The molecular formula is C10H14N2O4. The van der Waals surface area contributed by atoms with Crippen LogP contribution in [0.25, 0.3) is 0 Å². The Bertz CT molecular complexity index is 359. The van der Waals surface area contributed by atoms with Crippen molar-refractivity contribution in [3.63, 3.8) is 0 Å². The van der Waals surface area contributed by atoms with E-state index in [0.717, 1.165) is 0 Å². The Balaban J connectivity index is 2.50. The minimum Gasteiger partial charge on any atom is -0.481 e. The Morgan fingerprint density at radius 3 is 2.69 bits per heavy atom. The molecule has 0 saturated heterocycles. The van der Waals surface area contributed by atoms with Gasteiger partial charge in [-0.15, -0.1) is 0 Å². The zero-order chi connectivity index (χ0) is 12.1. The van der Waals surface area contributed by atoms with Crippen LogP contribution in [0.2, 0.25) is 0 Å². The van der Waals surface area contributed by atoms with Crippen molar-refractivity contribution in [3.05, 3.63) is 18.0 Å². The molecule has 1 unspecified atom stereocenters. The van der Waals surface area contributed by atoms with Crippen LogP contribution in [0.3, 0.4) is 0 Å². The van der Waals surface area contributed by atoms with Crippen LogP contribution >= 0.6 is 0 Å². The number of carbonyl (C=O) groups excluding carboxylic acids is 1. The number of aliphatic carboxylic acids is 1. The first-order chi connectivity index (χ1) is 7.52. The normalized spacial score (nSPS) is 12.4. The van der Waals surface area contributed by atoms with Crippen molar-refractivity contribution in [1.29, 1.82) is 0 Å². The highest BCUT2D eigenvalue weighted by Gasteiger charge is 2.22. The van der Waals surface area contributed by atoms with Gasteiger partial charge in [0.2, 0.25) is 0 Å². The zero-order valence-electron chi connectivity index (χ0n) is 9.14. The molecular weight excluding hydrogens is 212 g/mol. The van der Waals surface area contributed by atoms with E-state index in [0.29, 0.717) is 0 Å². The predicted octanol–water partition coefficient (Wildman–Crippen LogP) is 0.761. The number of amides is 1. The predicted molar refractivity (Wildman–Crippen MR) is 54.8 cm³/mol. The molecule has 1 aromatic rings. The zero-order valence-corrected chi connectivity index (χ0v) is 9.14. The average Bonchev–Trinajstić information content (AvgIpc) is 2.69. The molecule has 1 rings (SSSR count). The number of rotatable bonds is 5. The van der Waals surface area contributed by atoms with Crippen molar-refractivity contribution in [1.82, 2.24) is 10.5 Å². The largest absolute Gasteiger partial charge is 0.481 e. The second-order valence-electron chi connectivity index (χ2n) is 3.78. The maximum absolute atomic E-state index is 11.4. The van der Waals surface area contributed by atoms with Gasteiger partial charge in [0.1, 0.15) is 6.26 Å². The highest BCUT2D eigenvalue weighted by molar-refractivity contribution is 5.92. The fourth-order valence-corrected chi connectivity index (χ4v) is 1.23. The first kappa shape index (κ1) is 12.2. The Hall–Kier alpha value is -1.85. The Kier molecular flexibility index (Phi) is 4.04. The molecule has 1 heterocycles. The maximum Gasteiger partial charge on any atom is 0.308 e. The molecule has 1 atom stereocenters. The average molecular weight is 226 g/mol. The Morgan fingerprint density at radius 2 is 2.25 bits per heavy atom. The highest BCUT2D eigenvalue weighted by Crippen LogP contribution is 2.09. The van der Waals surface area contributed by atoms with Gasteiger partial charge in [-0.05, 0) is 5.92 Å². The summed E-state index contributed by atoms with van der Waals surface area (Å²) in [5.41, 5.74) is 0.146. The minimum atomic E-state index is -0.921. The van der Waals surface area contributed by atoms with Gasteiger partial charge in [-0.3, -0.25) is 9.59 Å². The van der Waals surface area contributed by atoms with Gasteiger partial charge in [0, 0.05) is 12.6 Å². The molecule has 0 radical (unpaired) electrons. The van der Waals surface area contributed by atoms with Crippen LogP contribution in [-0.2, 0) is 4.79 Å². The topological polar surface area (TPSA) is 92.4 Å². The standard InChI is InChI=1S/C10H14N2O4/c1-6(2)7(10(14)15)5-11-9(13)8-3-4-16-12-8/h3-4,6-7H,5H2,1-2H3,(H,11,13)(H,14,15). The lowest BCUT2D eigenvalue weighted by molar-refractivity contribution is -0.142. The highest BCUT2D eigenvalue weighted by atomic mass is 16.5. The summed E-state index contributed by atoms with van der Waals surface area (Å²) in [5.74, 6) is -2.00. The lowest BCUT2D eigenvalue weighted by Gasteiger charge is -2.16. The van der Waals surface area contributed by atoms with Gasteiger partial charge in [-0.2, -0.15) is 0 Å². The van der Waals surface area contributed by atoms with Crippen LogP contribution in [0.1, 0.15) is 24.3 Å². The van der Waals surface area contributed by atoms with Gasteiger partial charge in [-0.1, -0.05) is 19.0 Å². The van der Waals surface area contributed by atoms with Gasteiger partial charge in [-0.25, -0.2) is 0 Å². The summed E-state index contributed by atoms with van der Waals surface area (Å²) in [6.07, 6.45) is 1.28. The quantitative estimate of drug-likeness (QED) is 0.773. The summed E-state index contributed by atoms with van der Waals surface area (Å²) in [5, 5.41) is 14.9. The van der Waals surface area contributed by atoms with E-state index in [1.54, 1.807) is 13.8 Å².